The quantitative estimate of drug-likeness (QED) is 0.0215. The Morgan fingerprint density at radius 3 is 1.29 bits per heavy atom. The number of hydrogen-bond donors (Lipinski definition) is 8. The van der Waals surface area contributed by atoms with E-state index in [0.717, 1.165) is 44.9 Å². The van der Waals surface area contributed by atoms with E-state index in [9.17, 15) is 40.5 Å². The van der Waals surface area contributed by atoms with Crippen LogP contribution in [0.1, 0.15) is 258 Å². The van der Waals surface area contributed by atoms with E-state index in [2.05, 4.69) is 55.6 Å². The summed E-state index contributed by atoms with van der Waals surface area (Å²) in [5, 5.41) is 75.9. The molecule has 69 heavy (non-hydrogen) atoms. The number of aliphatic hydroxyl groups excluding tert-OH is 7. The van der Waals surface area contributed by atoms with Crippen LogP contribution in [-0.4, -0.2) is 110 Å². The average Bonchev–Trinajstić information content (AvgIpc) is 3.35. The molecule has 1 fully saturated rings. The molecule has 8 N–H and O–H groups in total. The summed E-state index contributed by atoms with van der Waals surface area (Å²) in [6, 6.07) is -1.19. The van der Waals surface area contributed by atoms with E-state index < -0.39 is 74.2 Å². The first-order chi connectivity index (χ1) is 33.7. The first-order valence-corrected chi connectivity index (χ1v) is 28.9. The number of nitrogens with one attached hydrogen (secondary N) is 1. The number of aliphatic hydroxyl groups is 7. The number of carbonyl (C=O) groups is 1. The molecule has 0 bridgehead atoms. The summed E-state index contributed by atoms with van der Waals surface area (Å²) in [6.45, 7) is 3.44. The Kier molecular flexibility index (Phi) is 44.8. The van der Waals surface area contributed by atoms with Crippen molar-refractivity contribution < 1.29 is 50.0 Å². The van der Waals surface area contributed by atoms with Crippen LogP contribution in [0.25, 0.3) is 0 Å². The van der Waals surface area contributed by atoms with E-state index >= 15 is 0 Å². The van der Waals surface area contributed by atoms with Gasteiger partial charge in [0.05, 0.1) is 25.4 Å². The van der Waals surface area contributed by atoms with Crippen molar-refractivity contribution in [1.82, 2.24) is 5.32 Å². The van der Waals surface area contributed by atoms with Gasteiger partial charge in [0.25, 0.3) is 0 Å². The third-order valence-corrected chi connectivity index (χ3v) is 13.9. The van der Waals surface area contributed by atoms with Gasteiger partial charge in [-0.1, -0.05) is 230 Å². The van der Waals surface area contributed by atoms with Crippen LogP contribution in [0.4, 0.5) is 0 Å². The van der Waals surface area contributed by atoms with Gasteiger partial charge in [-0.05, 0) is 64.2 Å². The fourth-order valence-corrected chi connectivity index (χ4v) is 9.18. The largest absolute Gasteiger partial charge is 0.394 e. The molecule has 0 spiro atoms. The third kappa shape index (κ3) is 36.0. The molecule has 9 unspecified atom stereocenters. The van der Waals surface area contributed by atoms with Crippen LogP contribution >= 0.6 is 0 Å². The predicted octanol–water partition coefficient (Wildman–Crippen LogP) is 11.9. The minimum absolute atomic E-state index is 0.242. The summed E-state index contributed by atoms with van der Waals surface area (Å²) >= 11 is 0. The fraction of sp³-hybridized carbons (Fsp3) is 0.879. The van der Waals surface area contributed by atoms with Crippen LogP contribution in [0.15, 0.2) is 36.5 Å². The van der Waals surface area contributed by atoms with Crippen LogP contribution in [0.2, 0.25) is 0 Å². The molecule has 11 heteroatoms. The lowest BCUT2D eigenvalue weighted by molar-refractivity contribution is -0.303. The minimum atomic E-state index is -1.67. The van der Waals surface area contributed by atoms with E-state index in [1.165, 1.54) is 167 Å². The number of unbranched alkanes of at least 4 members (excludes halogenated alkanes) is 31. The highest BCUT2D eigenvalue weighted by Gasteiger charge is 2.44. The van der Waals surface area contributed by atoms with E-state index in [4.69, 9.17) is 9.47 Å². The number of allylic oxidation sites excluding steroid dienone is 6. The van der Waals surface area contributed by atoms with Gasteiger partial charge in [0.15, 0.2) is 6.29 Å². The normalized spacial score (nSPS) is 20.6. The molecule has 1 heterocycles. The Morgan fingerprint density at radius 1 is 0.493 bits per heavy atom. The Hall–Kier alpha value is -1.67. The molecule has 1 rings (SSSR count). The molecule has 1 aliphatic heterocycles. The summed E-state index contributed by atoms with van der Waals surface area (Å²) in [5.41, 5.74) is 0. The van der Waals surface area contributed by atoms with Crippen molar-refractivity contribution in [1.29, 1.82) is 0 Å². The maximum atomic E-state index is 13.1. The molecule has 0 saturated carbocycles. The summed E-state index contributed by atoms with van der Waals surface area (Å²) < 4.78 is 11.1. The smallest absolute Gasteiger partial charge is 0.249 e. The van der Waals surface area contributed by atoms with Crippen LogP contribution in [0, 0.1) is 0 Å². The molecule has 0 aromatic carbocycles. The molecule has 0 radical (unpaired) electrons. The van der Waals surface area contributed by atoms with E-state index in [1.807, 2.05) is 0 Å². The van der Waals surface area contributed by atoms with Crippen molar-refractivity contribution in [3.8, 4) is 0 Å². The van der Waals surface area contributed by atoms with Crippen LogP contribution in [0.3, 0.4) is 0 Å². The third-order valence-electron chi connectivity index (χ3n) is 13.9. The second-order valence-corrected chi connectivity index (χ2v) is 20.3. The molecule has 1 amide bonds. The molecule has 9 atom stereocenters. The number of hydrogen-bond acceptors (Lipinski definition) is 10. The van der Waals surface area contributed by atoms with Crippen molar-refractivity contribution in [3.05, 3.63) is 36.5 Å². The van der Waals surface area contributed by atoms with Gasteiger partial charge in [-0.25, -0.2) is 0 Å². The minimum Gasteiger partial charge on any atom is -0.394 e. The maximum Gasteiger partial charge on any atom is 0.249 e. The number of amides is 1. The summed E-state index contributed by atoms with van der Waals surface area (Å²) in [5.74, 6) is -0.711. The second-order valence-electron chi connectivity index (χ2n) is 20.3. The van der Waals surface area contributed by atoms with Gasteiger partial charge >= 0.3 is 0 Å². The van der Waals surface area contributed by atoms with Gasteiger partial charge in [-0.15, -0.1) is 0 Å². The Morgan fingerprint density at radius 2 is 0.870 bits per heavy atom. The second kappa shape index (κ2) is 47.3. The highest BCUT2D eigenvalue weighted by atomic mass is 16.7. The van der Waals surface area contributed by atoms with Crippen molar-refractivity contribution in [2.45, 2.75) is 313 Å². The standard InChI is InChI=1S/C58H109NO10/c1-3-5-7-9-11-13-15-17-18-19-20-21-22-23-24-25-26-27-28-29-30-31-32-34-35-37-39-41-43-45-50(61)53(63)49(48-68-58-56(66)55(65)54(64)52(47-60)69-58)59-57(67)51(62)46-44-42-40-38-36-33-16-14-12-10-8-6-4-2/h27-28,31-32,37,39,49-56,58,60-66H,3-26,29-30,33-36,38,40-48H2,1-2H3,(H,59,67)/b28-27+,32-31+,39-37+. The van der Waals surface area contributed by atoms with E-state index in [-0.39, 0.29) is 12.8 Å². The molecular weight excluding hydrogens is 871 g/mol. The fourth-order valence-electron chi connectivity index (χ4n) is 9.18. The molecule has 0 aliphatic carbocycles. The van der Waals surface area contributed by atoms with Gasteiger partial charge in [-0.3, -0.25) is 4.79 Å². The van der Waals surface area contributed by atoms with Crippen molar-refractivity contribution in [2.24, 2.45) is 0 Å². The topological polar surface area (TPSA) is 189 Å². The summed E-state index contributed by atoms with van der Waals surface area (Å²) in [4.78, 5) is 13.1. The zero-order valence-electron chi connectivity index (χ0n) is 44.3. The molecule has 0 aromatic rings. The number of carbonyl (C=O) groups excluding carboxylic acids is 1. The van der Waals surface area contributed by atoms with Crippen LogP contribution in [-0.2, 0) is 14.3 Å². The maximum absolute atomic E-state index is 13.1. The van der Waals surface area contributed by atoms with E-state index in [1.54, 1.807) is 0 Å². The lowest BCUT2D eigenvalue weighted by Gasteiger charge is -2.40. The highest BCUT2D eigenvalue weighted by molar-refractivity contribution is 5.80. The monoisotopic (exact) mass is 980 g/mol. The van der Waals surface area contributed by atoms with E-state index in [0.29, 0.717) is 19.3 Å². The Balaban J connectivity index is 2.31. The molecule has 1 aliphatic rings. The van der Waals surface area contributed by atoms with Gasteiger partial charge in [0, 0.05) is 0 Å². The molecule has 406 valence electrons. The molecular formula is C58H109NO10. The van der Waals surface area contributed by atoms with Gasteiger partial charge in [-0.2, -0.15) is 0 Å². The van der Waals surface area contributed by atoms with Gasteiger partial charge in [0.2, 0.25) is 5.91 Å². The van der Waals surface area contributed by atoms with Crippen molar-refractivity contribution in [3.63, 3.8) is 0 Å². The zero-order chi connectivity index (χ0) is 50.4. The van der Waals surface area contributed by atoms with Gasteiger partial charge < -0.3 is 50.5 Å². The Bertz CT molecular complexity index is 1210. The lowest BCUT2D eigenvalue weighted by atomic mass is 9.98. The van der Waals surface area contributed by atoms with Crippen LogP contribution in [0.5, 0.6) is 0 Å². The van der Waals surface area contributed by atoms with Gasteiger partial charge in [0.1, 0.15) is 36.6 Å². The van der Waals surface area contributed by atoms with Crippen molar-refractivity contribution in [2.75, 3.05) is 13.2 Å². The average molecular weight is 981 g/mol. The Labute approximate surface area is 422 Å². The zero-order valence-corrected chi connectivity index (χ0v) is 44.3. The first-order valence-electron chi connectivity index (χ1n) is 28.9. The SMILES string of the molecule is CCCCCCCCCCCCCCCCCC/C=C/CC/C=C/CC/C=C/CCCC(O)C(O)C(COC1OC(CO)C(O)C(O)C1O)NC(=O)C(O)CCCCCCCCCCCCCCC. The number of rotatable bonds is 49. The number of ether oxygens (including phenoxy) is 2. The molecule has 0 aromatic heterocycles. The molecule has 1 saturated heterocycles. The van der Waals surface area contributed by atoms with Crippen LogP contribution < -0.4 is 5.32 Å². The molecule has 11 nitrogen and oxygen atoms in total. The highest BCUT2D eigenvalue weighted by Crippen LogP contribution is 2.23. The first kappa shape index (κ1) is 65.3. The predicted molar refractivity (Wildman–Crippen MR) is 284 cm³/mol. The lowest BCUT2D eigenvalue weighted by Crippen LogP contribution is -2.60. The summed E-state index contributed by atoms with van der Waals surface area (Å²) in [6.07, 6.45) is 46.5. The van der Waals surface area contributed by atoms with Crippen molar-refractivity contribution >= 4 is 5.91 Å². The summed E-state index contributed by atoms with van der Waals surface area (Å²) in [7, 11) is 0.